The summed E-state index contributed by atoms with van der Waals surface area (Å²) in [7, 11) is -3.61. The molecule has 1 aliphatic rings. The van der Waals surface area contributed by atoms with E-state index >= 15 is 0 Å². The molecular formula is C26H29N5O3S2. The minimum Gasteiger partial charge on any atom is -0.282 e. The number of aromatic nitrogens is 3. The first-order valence-electron chi connectivity index (χ1n) is 12.1. The minimum absolute atomic E-state index is 0.212. The molecule has 1 saturated heterocycles. The van der Waals surface area contributed by atoms with Gasteiger partial charge in [-0.1, -0.05) is 37.3 Å². The van der Waals surface area contributed by atoms with Crippen molar-refractivity contribution < 1.29 is 13.2 Å². The molecule has 1 amide bonds. The molecule has 3 heterocycles. The Morgan fingerprint density at radius 1 is 1.06 bits per heavy atom. The third-order valence-electron chi connectivity index (χ3n) is 6.44. The molecule has 36 heavy (non-hydrogen) atoms. The number of hydrogen-bond donors (Lipinski definition) is 0. The van der Waals surface area contributed by atoms with Crippen LogP contribution in [0.15, 0.2) is 71.9 Å². The summed E-state index contributed by atoms with van der Waals surface area (Å²) < 4.78 is 30.9. The number of sulfonamides is 1. The van der Waals surface area contributed by atoms with Gasteiger partial charge in [-0.05, 0) is 60.7 Å². The molecule has 2 unspecified atom stereocenters. The van der Waals surface area contributed by atoms with E-state index in [1.54, 1.807) is 32.2 Å². The number of thiazole rings is 1. The number of carbonyl (C=O) groups is 1. The molecule has 1 fully saturated rings. The highest BCUT2D eigenvalue weighted by Gasteiger charge is 2.32. The highest BCUT2D eigenvalue weighted by atomic mass is 32.2. The van der Waals surface area contributed by atoms with E-state index in [1.807, 2.05) is 36.5 Å². The van der Waals surface area contributed by atoms with Gasteiger partial charge in [-0.25, -0.2) is 13.4 Å². The van der Waals surface area contributed by atoms with Crippen LogP contribution in [-0.4, -0.2) is 53.0 Å². The highest BCUT2D eigenvalue weighted by Crippen LogP contribution is 2.30. The number of benzene rings is 2. The van der Waals surface area contributed by atoms with Gasteiger partial charge in [0.25, 0.3) is 5.91 Å². The van der Waals surface area contributed by atoms with Crippen molar-refractivity contribution in [1.82, 2.24) is 19.1 Å². The van der Waals surface area contributed by atoms with Gasteiger partial charge >= 0.3 is 0 Å². The van der Waals surface area contributed by atoms with Crippen LogP contribution in [0.1, 0.15) is 30.6 Å². The Hall–Kier alpha value is -3.08. The quantitative estimate of drug-likeness (QED) is 0.356. The topological polar surface area (TPSA) is 88.4 Å². The summed E-state index contributed by atoms with van der Waals surface area (Å²) in [5.41, 5.74) is 1.25. The Morgan fingerprint density at radius 3 is 2.44 bits per heavy atom. The van der Waals surface area contributed by atoms with Crippen molar-refractivity contribution in [3.8, 4) is 0 Å². The third kappa shape index (κ3) is 5.07. The molecule has 0 spiro atoms. The predicted octanol–water partition coefficient (Wildman–Crippen LogP) is 4.51. The van der Waals surface area contributed by atoms with Gasteiger partial charge in [-0.2, -0.15) is 9.40 Å². The zero-order valence-electron chi connectivity index (χ0n) is 20.3. The number of fused-ring (bicyclic) bond motifs is 1. The minimum atomic E-state index is -3.61. The van der Waals surface area contributed by atoms with Crippen LogP contribution < -0.4 is 4.90 Å². The molecule has 0 N–H and O–H groups in total. The van der Waals surface area contributed by atoms with Crippen LogP contribution in [0.3, 0.4) is 0 Å². The first-order valence-corrected chi connectivity index (χ1v) is 14.3. The Kier molecular flexibility index (Phi) is 6.92. The fourth-order valence-electron chi connectivity index (χ4n) is 4.77. The van der Waals surface area contributed by atoms with Crippen LogP contribution in [0.2, 0.25) is 0 Å². The van der Waals surface area contributed by atoms with Crippen molar-refractivity contribution in [2.24, 2.45) is 11.8 Å². The van der Waals surface area contributed by atoms with Crippen molar-refractivity contribution in [2.75, 3.05) is 24.5 Å². The predicted molar refractivity (Wildman–Crippen MR) is 142 cm³/mol. The second kappa shape index (κ2) is 10.1. The Balaban J connectivity index is 1.41. The summed E-state index contributed by atoms with van der Waals surface area (Å²) in [5.74, 6) is 0.411. The third-order valence-corrected chi connectivity index (χ3v) is 9.35. The van der Waals surface area contributed by atoms with Gasteiger partial charge in [0.2, 0.25) is 10.0 Å². The van der Waals surface area contributed by atoms with Gasteiger partial charge in [0.05, 0.1) is 21.7 Å². The zero-order valence-corrected chi connectivity index (χ0v) is 22.0. The molecule has 1 aliphatic heterocycles. The molecule has 188 valence electrons. The van der Waals surface area contributed by atoms with Crippen LogP contribution in [0.5, 0.6) is 0 Å². The molecule has 5 rings (SSSR count). The van der Waals surface area contributed by atoms with Crippen LogP contribution >= 0.6 is 11.3 Å². The maximum absolute atomic E-state index is 13.6. The van der Waals surface area contributed by atoms with Crippen LogP contribution in [0.25, 0.3) is 10.2 Å². The molecule has 2 atom stereocenters. The first-order chi connectivity index (χ1) is 17.3. The number of anilines is 1. The number of carbonyl (C=O) groups excluding carboxylic acids is 1. The van der Waals surface area contributed by atoms with E-state index in [0.29, 0.717) is 48.7 Å². The van der Waals surface area contributed by atoms with Gasteiger partial charge < -0.3 is 0 Å². The molecule has 0 bridgehead atoms. The van der Waals surface area contributed by atoms with E-state index in [-0.39, 0.29) is 10.8 Å². The zero-order chi connectivity index (χ0) is 25.3. The number of piperidine rings is 1. The SMILES string of the molecule is CC1CC(C)CN(S(=O)(=O)c2ccc(C(=O)N(CCn3cccn3)c3nc4ccccc4s3)cc2)C1. The number of nitrogens with zero attached hydrogens (tertiary/aromatic N) is 5. The number of rotatable bonds is 7. The largest absolute Gasteiger partial charge is 0.282 e. The Bertz CT molecular complexity index is 1410. The molecule has 10 heteroatoms. The van der Waals surface area contributed by atoms with Crippen LogP contribution in [-0.2, 0) is 16.6 Å². The van der Waals surface area contributed by atoms with E-state index in [1.165, 1.54) is 23.5 Å². The maximum Gasteiger partial charge on any atom is 0.260 e. The van der Waals surface area contributed by atoms with Crippen molar-refractivity contribution >= 4 is 42.6 Å². The Labute approximate surface area is 215 Å². The standard InChI is InChI=1S/C26H29N5O3S2/c1-19-16-20(2)18-30(17-19)36(33,34)22-10-8-21(9-11-22)25(32)31(15-14-29-13-5-12-27-29)26-28-23-6-3-4-7-24(23)35-26/h3-13,19-20H,14-18H2,1-2H3. The summed E-state index contributed by atoms with van der Waals surface area (Å²) >= 11 is 1.45. The highest BCUT2D eigenvalue weighted by molar-refractivity contribution is 7.89. The van der Waals surface area contributed by atoms with E-state index in [0.717, 1.165) is 16.6 Å². The smallest absolute Gasteiger partial charge is 0.260 e. The number of amides is 1. The van der Waals surface area contributed by atoms with Crippen molar-refractivity contribution in [3.63, 3.8) is 0 Å². The fourth-order valence-corrected chi connectivity index (χ4v) is 7.44. The Morgan fingerprint density at radius 2 is 1.78 bits per heavy atom. The summed E-state index contributed by atoms with van der Waals surface area (Å²) in [6.07, 6.45) is 4.58. The van der Waals surface area contributed by atoms with Gasteiger partial charge in [0.15, 0.2) is 5.13 Å². The van der Waals surface area contributed by atoms with E-state index < -0.39 is 10.0 Å². The molecule has 0 saturated carbocycles. The second-order valence-electron chi connectivity index (χ2n) is 9.48. The van der Waals surface area contributed by atoms with Gasteiger partial charge in [0.1, 0.15) is 0 Å². The summed E-state index contributed by atoms with van der Waals surface area (Å²) in [4.78, 5) is 20.2. The molecule has 0 aliphatic carbocycles. The number of para-hydroxylation sites is 1. The van der Waals surface area contributed by atoms with Gasteiger partial charge in [-0.15, -0.1) is 0 Å². The fraction of sp³-hybridized carbons (Fsp3) is 0.346. The van der Waals surface area contributed by atoms with Crippen LogP contribution in [0.4, 0.5) is 5.13 Å². The molecule has 0 radical (unpaired) electrons. The number of hydrogen-bond acceptors (Lipinski definition) is 6. The molecule has 2 aromatic heterocycles. The lowest BCUT2D eigenvalue weighted by molar-refractivity contribution is 0.0985. The maximum atomic E-state index is 13.6. The molecule has 8 nitrogen and oxygen atoms in total. The van der Waals surface area contributed by atoms with Crippen molar-refractivity contribution in [2.45, 2.75) is 31.7 Å². The van der Waals surface area contributed by atoms with E-state index in [4.69, 9.17) is 0 Å². The summed E-state index contributed by atoms with van der Waals surface area (Å²) in [6, 6.07) is 15.9. The summed E-state index contributed by atoms with van der Waals surface area (Å²) in [6.45, 7) is 6.09. The molecule has 2 aromatic carbocycles. The van der Waals surface area contributed by atoms with Crippen LogP contribution in [0, 0.1) is 11.8 Å². The molecular weight excluding hydrogens is 494 g/mol. The average molecular weight is 524 g/mol. The lowest BCUT2D eigenvalue weighted by atomic mass is 9.94. The average Bonchev–Trinajstić information content (AvgIpc) is 3.53. The van der Waals surface area contributed by atoms with Gasteiger partial charge in [-0.3, -0.25) is 14.4 Å². The summed E-state index contributed by atoms with van der Waals surface area (Å²) in [5, 5.41) is 4.84. The van der Waals surface area contributed by atoms with Crippen molar-refractivity contribution in [3.05, 3.63) is 72.6 Å². The van der Waals surface area contributed by atoms with Gasteiger partial charge in [0, 0.05) is 37.6 Å². The first kappa shape index (κ1) is 24.6. The van der Waals surface area contributed by atoms with Crippen molar-refractivity contribution in [1.29, 1.82) is 0 Å². The second-order valence-corrected chi connectivity index (χ2v) is 12.4. The van der Waals surface area contributed by atoms with E-state index in [9.17, 15) is 13.2 Å². The lowest BCUT2D eigenvalue weighted by Gasteiger charge is -2.34. The normalized spacial score (nSPS) is 18.9. The lowest BCUT2D eigenvalue weighted by Crippen LogP contribution is -2.42. The van der Waals surface area contributed by atoms with E-state index in [2.05, 4.69) is 23.9 Å². The molecule has 4 aromatic rings. The monoisotopic (exact) mass is 523 g/mol.